The van der Waals surface area contributed by atoms with Gasteiger partial charge in [-0.2, -0.15) is 0 Å². The van der Waals surface area contributed by atoms with Gasteiger partial charge in [0.1, 0.15) is 5.01 Å². The van der Waals surface area contributed by atoms with Crippen LogP contribution in [0.4, 0.5) is 4.79 Å². The Morgan fingerprint density at radius 1 is 1.43 bits per heavy atom. The second kappa shape index (κ2) is 6.68. The number of rotatable bonds is 5. The number of carboxylic acids is 1. The molecule has 0 aliphatic carbocycles. The number of nitrogens with zero attached hydrogens (tertiary/aromatic N) is 1. The number of aromatic carboxylic acids is 1. The fourth-order valence-corrected chi connectivity index (χ4v) is 3.29. The third-order valence-electron chi connectivity index (χ3n) is 2.84. The van der Waals surface area contributed by atoms with E-state index in [-0.39, 0.29) is 17.8 Å². The molecule has 2 amide bonds. The Balaban J connectivity index is 1.86. The van der Waals surface area contributed by atoms with Crippen molar-refractivity contribution in [2.45, 2.75) is 26.4 Å². The molecule has 6 nitrogen and oxygen atoms in total. The lowest BCUT2D eigenvalue weighted by atomic mass is 10.3. The van der Waals surface area contributed by atoms with Crippen molar-refractivity contribution >= 4 is 34.7 Å². The van der Waals surface area contributed by atoms with Crippen molar-refractivity contribution in [3.8, 4) is 0 Å². The lowest BCUT2D eigenvalue weighted by Crippen LogP contribution is -2.36. The highest BCUT2D eigenvalue weighted by molar-refractivity contribution is 7.10. The molecule has 0 spiro atoms. The molecule has 0 radical (unpaired) electrons. The molecule has 0 saturated carbocycles. The SMILES string of the molecule is Cc1ccsc1CNC(=O)NC(C)c1nc(C(=O)O)cs1. The van der Waals surface area contributed by atoms with Crippen LogP contribution in [0.3, 0.4) is 0 Å². The van der Waals surface area contributed by atoms with E-state index in [4.69, 9.17) is 5.11 Å². The minimum absolute atomic E-state index is 0.00160. The average molecular weight is 325 g/mol. The van der Waals surface area contributed by atoms with Crippen LogP contribution in [0.15, 0.2) is 16.8 Å². The van der Waals surface area contributed by atoms with Crippen molar-refractivity contribution < 1.29 is 14.7 Å². The van der Waals surface area contributed by atoms with E-state index in [1.54, 1.807) is 18.3 Å². The van der Waals surface area contributed by atoms with Crippen LogP contribution in [0, 0.1) is 6.92 Å². The fraction of sp³-hybridized carbons (Fsp3) is 0.308. The van der Waals surface area contributed by atoms with Crippen LogP contribution in [0.1, 0.15) is 38.9 Å². The summed E-state index contributed by atoms with van der Waals surface area (Å²) in [6.07, 6.45) is 0. The predicted octanol–water partition coefficient (Wildman–Crippen LogP) is 2.77. The number of carbonyl (C=O) groups is 2. The summed E-state index contributed by atoms with van der Waals surface area (Å²) in [7, 11) is 0. The van der Waals surface area contributed by atoms with Gasteiger partial charge in [-0.3, -0.25) is 0 Å². The van der Waals surface area contributed by atoms with Crippen LogP contribution in [0.2, 0.25) is 0 Å². The summed E-state index contributed by atoms with van der Waals surface area (Å²) < 4.78 is 0. The molecule has 2 rings (SSSR count). The molecule has 0 bridgehead atoms. The van der Waals surface area contributed by atoms with E-state index >= 15 is 0 Å². The van der Waals surface area contributed by atoms with Crippen molar-refractivity contribution in [3.05, 3.63) is 38.0 Å². The molecular formula is C13H15N3O3S2. The van der Waals surface area contributed by atoms with E-state index in [0.29, 0.717) is 11.6 Å². The van der Waals surface area contributed by atoms with Gasteiger partial charge in [-0.1, -0.05) is 0 Å². The van der Waals surface area contributed by atoms with Gasteiger partial charge in [-0.15, -0.1) is 22.7 Å². The number of carboxylic acid groups (broad SMARTS) is 1. The third kappa shape index (κ3) is 4.02. The second-order valence-corrected chi connectivity index (χ2v) is 6.34. The van der Waals surface area contributed by atoms with E-state index in [9.17, 15) is 9.59 Å². The van der Waals surface area contributed by atoms with E-state index in [1.807, 2.05) is 18.4 Å². The van der Waals surface area contributed by atoms with Gasteiger partial charge in [0.15, 0.2) is 5.69 Å². The molecule has 2 aromatic heterocycles. The summed E-state index contributed by atoms with van der Waals surface area (Å²) >= 11 is 2.81. The first-order chi connectivity index (χ1) is 9.97. The summed E-state index contributed by atoms with van der Waals surface area (Å²) in [4.78, 5) is 27.7. The largest absolute Gasteiger partial charge is 0.476 e. The van der Waals surface area contributed by atoms with Crippen LogP contribution in [-0.2, 0) is 6.54 Å². The molecule has 112 valence electrons. The van der Waals surface area contributed by atoms with Gasteiger partial charge in [0.2, 0.25) is 0 Å². The number of thiazole rings is 1. The van der Waals surface area contributed by atoms with Gasteiger partial charge < -0.3 is 15.7 Å². The van der Waals surface area contributed by atoms with E-state index in [1.165, 1.54) is 16.7 Å². The van der Waals surface area contributed by atoms with E-state index in [2.05, 4.69) is 15.6 Å². The van der Waals surface area contributed by atoms with E-state index < -0.39 is 5.97 Å². The number of aromatic nitrogens is 1. The van der Waals surface area contributed by atoms with Crippen molar-refractivity contribution in [1.29, 1.82) is 0 Å². The second-order valence-electron chi connectivity index (χ2n) is 4.45. The molecule has 2 heterocycles. The lowest BCUT2D eigenvalue weighted by Gasteiger charge is -2.12. The number of amides is 2. The maximum Gasteiger partial charge on any atom is 0.355 e. The Labute approximate surface area is 129 Å². The normalized spacial score (nSPS) is 11.9. The van der Waals surface area contributed by atoms with Gasteiger partial charge in [0.25, 0.3) is 0 Å². The molecular weight excluding hydrogens is 310 g/mol. The Hall–Kier alpha value is -1.93. The first-order valence-corrected chi connectivity index (χ1v) is 7.99. The summed E-state index contributed by atoms with van der Waals surface area (Å²) in [5.74, 6) is -1.07. The van der Waals surface area contributed by atoms with Gasteiger partial charge >= 0.3 is 12.0 Å². The van der Waals surface area contributed by atoms with Gasteiger partial charge in [0.05, 0.1) is 12.6 Å². The van der Waals surface area contributed by atoms with Crippen molar-refractivity contribution in [1.82, 2.24) is 15.6 Å². The molecule has 21 heavy (non-hydrogen) atoms. The minimum atomic E-state index is -1.07. The highest BCUT2D eigenvalue weighted by Crippen LogP contribution is 2.18. The van der Waals surface area contributed by atoms with Crippen LogP contribution in [0.25, 0.3) is 0 Å². The summed E-state index contributed by atoms with van der Waals surface area (Å²) in [6.45, 7) is 4.23. The lowest BCUT2D eigenvalue weighted by molar-refractivity contribution is 0.0691. The number of carbonyl (C=O) groups excluding carboxylic acids is 1. The Bertz CT molecular complexity index is 651. The summed E-state index contributed by atoms with van der Waals surface area (Å²) in [5.41, 5.74) is 1.15. The number of urea groups is 1. The fourth-order valence-electron chi connectivity index (χ4n) is 1.64. The Morgan fingerprint density at radius 2 is 2.19 bits per heavy atom. The molecule has 3 N–H and O–H groups in total. The van der Waals surface area contributed by atoms with Crippen molar-refractivity contribution in [2.24, 2.45) is 0 Å². The number of aryl methyl sites for hydroxylation is 1. The number of nitrogens with one attached hydrogen (secondary N) is 2. The Morgan fingerprint density at radius 3 is 2.76 bits per heavy atom. The standard InChI is InChI=1S/C13H15N3O3S2/c1-7-3-4-20-10(7)5-14-13(19)15-8(2)11-16-9(6-21-11)12(17)18/h3-4,6,8H,5H2,1-2H3,(H,17,18)(H2,14,15,19). The predicted molar refractivity (Wildman–Crippen MR) is 81.9 cm³/mol. The maximum atomic E-state index is 11.8. The smallest absolute Gasteiger partial charge is 0.355 e. The van der Waals surface area contributed by atoms with Crippen molar-refractivity contribution in [2.75, 3.05) is 0 Å². The minimum Gasteiger partial charge on any atom is -0.476 e. The molecule has 0 fully saturated rings. The number of hydrogen-bond acceptors (Lipinski definition) is 5. The van der Waals surface area contributed by atoms with E-state index in [0.717, 1.165) is 10.4 Å². The number of thiophene rings is 1. The molecule has 0 aromatic carbocycles. The molecule has 2 aromatic rings. The number of hydrogen-bond donors (Lipinski definition) is 3. The first kappa shape index (κ1) is 15.5. The monoisotopic (exact) mass is 325 g/mol. The van der Waals surface area contributed by atoms with Crippen LogP contribution in [-0.4, -0.2) is 22.1 Å². The summed E-state index contributed by atoms with van der Waals surface area (Å²) in [6, 6.07) is 1.36. The zero-order chi connectivity index (χ0) is 15.4. The molecule has 0 aliphatic heterocycles. The topological polar surface area (TPSA) is 91.3 Å². The Kier molecular flexibility index (Phi) is 4.92. The van der Waals surface area contributed by atoms with Crippen molar-refractivity contribution in [3.63, 3.8) is 0 Å². The summed E-state index contributed by atoms with van der Waals surface area (Å²) in [5, 5.41) is 18.3. The zero-order valence-corrected chi connectivity index (χ0v) is 13.2. The maximum absolute atomic E-state index is 11.8. The van der Waals surface area contributed by atoms with Gasteiger partial charge in [-0.25, -0.2) is 14.6 Å². The molecule has 0 aliphatic rings. The first-order valence-electron chi connectivity index (χ1n) is 6.23. The van der Waals surface area contributed by atoms with Gasteiger partial charge in [-0.05, 0) is 30.9 Å². The highest BCUT2D eigenvalue weighted by atomic mass is 32.1. The molecule has 1 unspecified atom stereocenters. The molecule has 8 heteroatoms. The highest BCUT2D eigenvalue weighted by Gasteiger charge is 2.15. The van der Waals surface area contributed by atoms with Crippen LogP contribution < -0.4 is 10.6 Å². The quantitative estimate of drug-likeness (QED) is 0.788. The molecule has 0 saturated heterocycles. The van der Waals surface area contributed by atoms with Crippen LogP contribution >= 0.6 is 22.7 Å². The van der Waals surface area contributed by atoms with Gasteiger partial charge in [0, 0.05) is 10.3 Å². The zero-order valence-electron chi connectivity index (χ0n) is 11.5. The van der Waals surface area contributed by atoms with Crippen LogP contribution in [0.5, 0.6) is 0 Å². The average Bonchev–Trinajstić information content (AvgIpc) is 3.05. The molecule has 1 atom stereocenters. The third-order valence-corrected chi connectivity index (χ3v) is 4.89.